The highest BCUT2D eigenvalue weighted by Crippen LogP contribution is 2.23. The fourth-order valence-corrected chi connectivity index (χ4v) is 5.47. The molecule has 7 nitrogen and oxygen atoms in total. The van der Waals surface area contributed by atoms with Crippen LogP contribution in [0, 0.1) is 0 Å². The van der Waals surface area contributed by atoms with Crippen molar-refractivity contribution in [3.63, 3.8) is 0 Å². The van der Waals surface area contributed by atoms with Gasteiger partial charge in [-0.1, -0.05) is 84.4 Å². The predicted molar refractivity (Wildman–Crippen MR) is 165 cm³/mol. The highest BCUT2D eigenvalue weighted by atomic mass is 79.9. The minimum Gasteiger partial charge on any atom is -0.352 e. The van der Waals surface area contributed by atoms with Crippen molar-refractivity contribution in [2.45, 2.75) is 58.7 Å². The van der Waals surface area contributed by atoms with Crippen molar-refractivity contribution in [3.05, 3.63) is 100 Å². The van der Waals surface area contributed by atoms with Gasteiger partial charge < -0.3 is 10.2 Å². The van der Waals surface area contributed by atoms with E-state index in [0.29, 0.717) is 5.69 Å². The van der Waals surface area contributed by atoms with E-state index in [9.17, 15) is 18.0 Å². The second kappa shape index (κ2) is 13.9. The van der Waals surface area contributed by atoms with Crippen LogP contribution in [-0.4, -0.2) is 50.0 Å². The van der Waals surface area contributed by atoms with Crippen LogP contribution in [0.4, 0.5) is 5.69 Å². The maximum absolute atomic E-state index is 14.1. The van der Waals surface area contributed by atoms with Gasteiger partial charge in [-0.3, -0.25) is 13.9 Å². The monoisotopic (exact) mass is 627 g/mol. The minimum atomic E-state index is -3.80. The molecule has 40 heavy (non-hydrogen) atoms. The van der Waals surface area contributed by atoms with Crippen molar-refractivity contribution >= 4 is 43.5 Å². The molecule has 0 unspecified atom stereocenters. The topological polar surface area (TPSA) is 86.8 Å². The number of sulfonamides is 1. The van der Waals surface area contributed by atoms with Gasteiger partial charge in [-0.15, -0.1) is 0 Å². The molecule has 0 fully saturated rings. The van der Waals surface area contributed by atoms with Crippen molar-refractivity contribution in [1.29, 1.82) is 0 Å². The lowest BCUT2D eigenvalue weighted by Crippen LogP contribution is -2.54. The molecular formula is C31H38BrN3O4S. The van der Waals surface area contributed by atoms with Crippen LogP contribution in [0.1, 0.15) is 50.3 Å². The van der Waals surface area contributed by atoms with Crippen LogP contribution in [0.2, 0.25) is 0 Å². The fourth-order valence-electron chi connectivity index (χ4n) is 4.36. The Morgan fingerprint density at radius 3 is 1.98 bits per heavy atom. The Balaban J connectivity index is 2.03. The highest BCUT2D eigenvalue weighted by Gasteiger charge is 2.33. The van der Waals surface area contributed by atoms with Crippen LogP contribution in [-0.2, 0) is 32.6 Å². The molecule has 0 aliphatic heterocycles. The third-order valence-corrected chi connectivity index (χ3v) is 8.16. The zero-order chi connectivity index (χ0) is 29.4. The first-order valence-corrected chi connectivity index (χ1v) is 15.9. The van der Waals surface area contributed by atoms with Crippen molar-refractivity contribution < 1.29 is 18.0 Å². The number of halogens is 1. The summed E-state index contributed by atoms with van der Waals surface area (Å²) in [7, 11) is -3.80. The van der Waals surface area contributed by atoms with Crippen LogP contribution < -0.4 is 9.62 Å². The van der Waals surface area contributed by atoms with Gasteiger partial charge in [-0.2, -0.15) is 0 Å². The summed E-state index contributed by atoms with van der Waals surface area (Å²) in [6, 6.07) is 23.2. The molecule has 1 N–H and O–H groups in total. The molecule has 3 aromatic carbocycles. The van der Waals surface area contributed by atoms with E-state index in [0.717, 1.165) is 31.7 Å². The van der Waals surface area contributed by atoms with E-state index in [1.807, 2.05) is 80.6 Å². The van der Waals surface area contributed by atoms with Crippen LogP contribution >= 0.6 is 15.9 Å². The summed E-state index contributed by atoms with van der Waals surface area (Å²) < 4.78 is 27.8. The summed E-state index contributed by atoms with van der Waals surface area (Å²) in [5.41, 5.74) is 3.17. The molecule has 1 atom stereocenters. The number of nitrogens with zero attached hydrogens (tertiary/aromatic N) is 2. The molecule has 0 heterocycles. The quantitative estimate of drug-likeness (QED) is 0.287. The Morgan fingerprint density at radius 2 is 1.45 bits per heavy atom. The average Bonchev–Trinajstić information content (AvgIpc) is 2.89. The average molecular weight is 629 g/mol. The van der Waals surface area contributed by atoms with Gasteiger partial charge in [0.05, 0.1) is 11.9 Å². The van der Waals surface area contributed by atoms with Gasteiger partial charge in [-0.05, 0) is 60.7 Å². The molecule has 0 spiro atoms. The van der Waals surface area contributed by atoms with Gasteiger partial charge in [0.25, 0.3) is 0 Å². The molecule has 0 radical (unpaired) electrons. The third kappa shape index (κ3) is 8.93. The molecule has 0 saturated carbocycles. The van der Waals surface area contributed by atoms with Gasteiger partial charge >= 0.3 is 0 Å². The second-order valence-corrected chi connectivity index (χ2v) is 13.4. The predicted octanol–water partition coefficient (Wildman–Crippen LogP) is 5.50. The van der Waals surface area contributed by atoms with E-state index < -0.39 is 28.5 Å². The normalized spacial score (nSPS) is 12.3. The second-order valence-electron chi connectivity index (χ2n) is 10.5. The number of hydrogen-bond acceptors (Lipinski definition) is 4. The summed E-state index contributed by atoms with van der Waals surface area (Å²) in [4.78, 5) is 29.1. The van der Waals surface area contributed by atoms with Gasteiger partial charge in [0, 0.05) is 23.5 Å². The van der Waals surface area contributed by atoms with Crippen LogP contribution in [0.3, 0.4) is 0 Å². The smallest absolute Gasteiger partial charge is 0.244 e. The van der Waals surface area contributed by atoms with Crippen molar-refractivity contribution in [2.75, 3.05) is 17.1 Å². The lowest BCUT2D eigenvalue weighted by Gasteiger charge is -2.34. The van der Waals surface area contributed by atoms with Crippen molar-refractivity contribution in [2.24, 2.45) is 0 Å². The Bertz CT molecular complexity index is 1380. The lowest BCUT2D eigenvalue weighted by atomic mass is 10.0. The number of carbonyl (C=O) groups is 2. The minimum absolute atomic E-state index is 0.137. The van der Waals surface area contributed by atoms with Crippen LogP contribution in [0.15, 0.2) is 83.3 Å². The first-order chi connectivity index (χ1) is 18.8. The van der Waals surface area contributed by atoms with E-state index in [-0.39, 0.29) is 30.8 Å². The Labute approximate surface area is 246 Å². The maximum atomic E-state index is 14.1. The van der Waals surface area contributed by atoms with Crippen LogP contribution in [0.25, 0.3) is 0 Å². The summed E-state index contributed by atoms with van der Waals surface area (Å²) in [6.07, 6.45) is 1.37. The molecule has 0 saturated heterocycles. The number of carbonyl (C=O) groups excluding carboxylic acids is 2. The first kappa shape index (κ1) is 31.4. The Hall–Kier alpha value is -3.17. The van der Waals surface area contributed by atoms with E-state index in [1.165, 1.54) is 4.90 Å². The summed E-state index contributed by atoms with van der Waals surface area (Å²) in [5.74, 6) is -0.486. The molecule has 3 rings (SSSR count). The SMILES string of the molecule is CC(C)NC(=O)[C@H](Cc1ccccc1)N(Cc1ccc(Br)cc1)C(=O)CN(c1ccc(C(C)C)cc1)S(C)(=O)=O. The number of nitrogens with one attached hydrogen (secondary N) is 1. The molecule has 214 valence electrons. The Morgan fingerprint density at radius 1 is 0.850 bits per heavy atom. The molecule has 0 aliphatic carbocycles. The molecule has 9 heteroatoms. The zero-order valence-electron chi connectivity index (χ0n) is 23.7. The first-order valence-electron chi connectivity index (χ1n) is 13.3. The van der Waals surface area contributed by atoms with E-state index in [1.54, 1.807) is 12.1 Å². The molecule has 0 bridgehead atoms. The van der Waals surface area contributed by atoms with Gasteiger partial charge in [0.1, 0.15) is 12.6 Å². The number of benzene rings is 3. The molecule has 0 aliphatic rings. The largest absolute Gasteiger partial charge is 0.352 e. The summed E-state index contributed by atoms with van der Waals surface area (Å²) in [6.45, 7) is 7.55. The van der Waals surface area contributed by atoms with Gasteiger partial charge in [0.15, 0.2) is 0 Å². The third-order valence-electron chi connectivity index (χ3n) is 6.50. The fraction of sp³-hybridized carbons (Fsp3) is 0.355. The number of anilines is 1. The standard InChI is InChI=1S/C31H38BrN3O4S/c1-22(2)26-13-17-28(18-14-26)35(40(5,38)39)21-30(36)34(20-25-11-15-27(32)16-12-25)29(31(37)33-23(3)4)19-24-9-7-6-8-10-24/h6-18,22-23,29H,19-21H2,1-5H3,(H,33,37)/t29-/m0/s1. The lowest BCUT2D eigenvalue weighted by molar-refractivity contribution is -0.140. The molecule has 3 aromatic rings. The maximum Gasteiger partial charge on any atom is 0.244 e. The van der Waals surface area contributed by atoms with Gasteiger partial charge in [-0.25, -0.2) is 8.42 Å². The van der Waals surface area contributed by atoms with Crippen molar-refractivity contribution in [1.82, 2.24) is 10.2 Å². The molecule has 2 amide bonds. The zero-order valence-corrected chi connectivity index (χ0v) is 26.1. The molecule has 0 aromatic heterocycles. The highest BCUT2D eigenvalue weighted by molar-refractivity contribution is 9.10. The van der Waals surface area contributed by atoms with E-state index >= 15 is 0 Å². The number of amides is 2. The Kier molecular flexibility index (Phi) is 10.9. The van der Waals surface area contributed by atoms with E-state index in [4.69, 9.17) is 0 Å². The number of hydrogen-bond donors (Lipinski definition) is 1. The van der Waals surface area contributed by atoms with Crippen LogP contribution in [0.5, 0.6) is 0 Å². The van der Waals surface area contributed by atoms with Gasteiger partial charge in [0.2, 0.25) is 21.8 Å². The van der Waals surface area contributed by atoms with Crippen molar-refractivity contribution in [3.8, 4) is 0 Å². The molecular weight excluding hydrogens is 590 g/mol. The summed E-state index contributed by atoms with van der Waals surface area (Å²) >= 11 is 3.44. The van der Waals surface area contributed by atoms with E-state index in [2.05, 4.69) is 35.1 Å². The number of rotatable bonds is 12. The summed E-state index contributed by atoms with van der Waals surface area (Å²) in [5, 5.41) is 2.95.